The van der Waals surface area contributed by atoms with Gasteiger partial charge in [-0.2, -0.15) is 0 Å². The summed E-state index contributed by atoms with van der Waals surface area (Å²) in [5, 5.41) is 18.6. The van der Waals surface area contributed by atoms with Crippen LogP contribution in [0.5, 0.6) is 0 Å². The maximum atomic E-state index is 12.2. The fourth-order valence-corrected chi connectivity index (χ4v) is 2.18. The van der Waals surface area contributed by atoms with Crippen LogP contribution < -0.4 is 0 Å². The average molecular weight is 258 g/mol. The number of carboxylic acid groups (broad SMARTS) is 1. The van der Waals surface area contributed by atoms with E-state index in [0.717, 1.165) is 12.8 Å². The van der Waals surface area contributed by atoms with Gasteiger partial charge in [0.1, 0.15) is 6.04 Å². The summed E-state index contributed by atoms with van der Waals surface area (Å²) in [7, 11) is 0. The van der Waals surface area contributed by atoms with Crippen LogP contribution in [0.15, 0.2) is 0 Å². The maximum Gasteiger partial charge on any atom is 0.326 e. The van der Waals surface area contributed by atoms with Gasteiger partial charge in [0.15, 0.2) is 0 Å². The van der Waals surface area contributed by atoms with Crippen molar-refractivity contribution in [3.05, 3.63) is 0 Å². The number of aliphatic hydroxyl groups excluding tert-OH is 1. The lowest BCUT2D eigenvalue weighted by molar-refractivity contribution is -0.141. The summed E-state index contributed by atoms with van der Waals surface area (Å²) in [6, 6.07) is -1.18. The van der Waals surface area contributed by atoms with E-state index in [1.165, 1.54) is 4.90 Å². The Kier molecular flexibility index (Phi) is 5.40. The van der Waals surface area contributed by atoms with Crippen LogP contribution in [0, 0.1) is 0 Å². The number of carbonyl (C=O) groups is 2. The fraction of sp³-hybridized carbons (Fsp3) is 0.833. The van der Waals surface area contributed by atoms with Crippen molar-refractivity contribution in [3.63, 3.8) is 0 Å². The Morgan fingerprint density at radius 3 is 2.56 bits per heavy atom. The van der Waals surface area contributed by atoms with Crippen molar-refractivity contribution in [3.8, 4) is 0 Å². The molecule has 0 saturated carbocycles. The van der Waals surface area contributed by atoms with Crippen LogP contribution in [-0.2, 0) is 4.79 Å². The smallest absolute Gasteiger partial charge is 0.326 e. The molecule has 0 aromatic carbocycles. The highest BCUT2D eigenvalue weighted by atomic mass is 16.4. The van der Waals surface area contributed by atoms with Gasteiger partial charge in [0.25, 0.3) is 0 Å². The Morgan fingerprint density at radius 1 is 1.39 bits per heavy atom. The molecular weight excluding hydrogens is 236 g/mol. The minimum atomic E-state index is -1.05. The number of amides is 2. The van der Waals surface area contributed by atoms with Crippen molar-refractivity contribution in [2.75, 3.05) is 19.6 Å². The summed E-state index contributed by atoms with van der Waals surface area (Å²) in [4.78, 5) is 26.2. The molecule has 2 amide bonds. The first-order valence-electron chi connectivity index (χ1n) is 6.47. The predicted molar refractivity (Wildman–Crippen MR) is 66.3 cm³/mol. The molecule has 1 rings (SSSR count). The van der Waals surface area contributed by atoms with Gasteiger partial charge in [-0.05, 0) is 13.3 Å². The highest BCUT2D eigenvalue weighted by Crippen LogP contribution is 2.20. The quantitative estimate of drug-likeness (QED) is 0.762. The van der Waals surface area contributed by atoms with E-state index in [9.17, 15) is 14.7 Å². The number of nitrogens with zero attached hydrogens (tertiary/aromatic N) is 2. The second-order valence-corrected chi connectivity index (χ2v) is 4.61. The van der Waals surface area contributed by atoms with Gasteiger partial charge in [0.05, 0.1) is 6.10 Å². The number of aliphatic carboxylic acids is 1. The van der Waals surface area contributed by atoms with Gasteiger partial charge in [0.2, 0.25) is 0 Å². The molecule has 0 aromatic rings. The number of carboxylic acids is 1. The van der Waals surface area contributed by atoms with E-state index in [4.69, 9.17) is 5.11 Å². The van der Waals surface area contributed by atoms with Crippen molar-refractivity contribution in [2.45, 2.75) is 45.3 Å². The molecule has 104 valence electrons. The van der Waals surface area contributed by atoms with Gasteiger partial charge in [-0.25, -0.2) is 9.59 Å². The lowest BCUT2D eigenvalue weighted by Crippen LogP contribution is -2.48. The molecule has 18 heavy (non-hydrogen) atoms. The van der Waals surface area contributed by atoms with Crippen LogP contribution in [0.25, 0.3) is 0 Å². The van der Waals surface area contributed by atoms with Crippen LogP contribution in [0.3, 0.4) is 0 Å². The second-order valence-electron chi connectivity index (χ2n) is 4.61. The van der Waals surface area contributed by atoms with Gasteiger partial charge in [-0.1, -0.05) is 13.3 Å². The summed E-state index contributed by atoms with van der Waals surface area (Å²) >= 11 is 0. The van der Waals surface area contributed by atoms with E-state index < -0.39 is 18.1 Å². The van der Waals surface area contributed by atoms with E-state index in [-0.39, 0.29) is 19.0 Å². The first-order valence-corrected chi connectivity index (χ1v) is 6.47. The van der Waals surface area contributed by atoms with Crippen molar-refractivity contribution >= 4 is 12.0 Å². The first-order chi connectivity index (χ1) is 8.51. The number of urea groups is 1. The van der Waals surface area contributed by atoms with Gasteiger partial charge < -0.3 is 20.0 Å². The number of likely N-dealkylation sites (tertiary alicyclic amines) is 1. The number of hydrogen-bond donors (Lipinski definition) is 2. The zero-order valence-corrected chi connectivity index (χ0v) is 11.0. The standard InChI is InChI=1S/C12H22N2O4/c1-3-5-6-13(4-2)12(18)14-8-9(15)7-10(14)11(16)17/h9-10,15H,3-8H2,1-2H3,(H,16,17)/t9?,10-/m0/s1. The van der Waals surface area contributed by atoms with Crippen LogP contribution in [0.4, 0.5) is 4.79 Å². The van der Waals surface area contributed by atoms with E-state index >= 15 is 0 Å². The SMILES string of the molecule is CCCCN(CC)C(=O)N1CC(O)C[C@H]1C(=O)O. The normalized spacial score (nSPS) is 23.2. The molecule has 1 unspecified atom stereocenters. The van der Waals surface area contributed by atoms with Crippen molar-refractivity contribution in [1.29, 1.82) is 0 Å². The molecule has 1 saturated heterocycles. The first kappa shape index (κ1) is 14.8. The number of unbranched alkanes of at least 4 members (excludes halogenated alkanes) is 1. The van der Waals surface area contributed by atoms with E-state index in [1.807, 2.05) is 13.8 Å². The molecule has 1 aliphatic heterocycles. The Hall–Kier alpha value is -1.30. The lowest BCUT2D eigenvalue weighted by Gasteiger charge is -2.29. The zero-order chi connectivity index (χ0) is 13.7. The minimum Gasteiger partial charge on any atom is -0.480 e. The predicted octanol–water partition coefficient (Wildman–Crippen LogP) is 0.748. The van der Waals surface area contributed by atoms with E-state index in [2.05, 4.69) is 0 Å². The fourth-order valence-electron chi connectivity index (χ4n) is 2.18. The van der Waals surface area contributed by atoms with Crippen LogP contribution >= 0.6 is 0 Å². The molecule has 1 heterocycles. The molecular formula is C12H22N2O4. The number of hydrogen-bond acceptors (Lipinski definition) is 3. The summed E-state index contributed by atoms with van der Waals surface area (Å²) < 4.78 is 0. The van der Waals surface area contributed by atoms with Crippen molar-refractivity contribution in [1.82, 2.24) is 9.80 Å². The topological polar surface area (TPSA) is 81.1 Å². The molecule has 0 aliphatic carbocycles. The minimum absolute atomic E-state index is 0.110. The highest BCUT2D eigenvalue weighted by molar-refractivity contribution is 5.83. The molecule has 2 N–H and O–H groups in total. The monoisotopic (exact) mass is 258 g/mol. The molecule has 1 fully saturated rings. The third-order valence-corrected chi connectivity index (χ3v) is 3.24. The molecule has 1 aliphatic rings. The third-order valence-electron chi connectivity index (χ3n) is 3.24. The second kappa shape index (κ2) is 6.58. The highest BCUT2D eigenvalue weighted by Gasteiger charge is 2.40. The maximum absolute atomic E-state index is 12.2. The zero-order valence-electron chi connectivity index (χ0n) is 11.0. The Labute approximate surface area is 107 Å². The molecule has 6 heteroatoms. The third kappa shape index (κ3) is 3.35. The largest absolute Gasteiger partial charge is 0.480 e. The summed E-state index contributed by atoms with van der Waals surface area (Å²) in [5.41, 5.74) is 0. The number of rotatable bonds is 5. The van der Waals surface area contributed by atoms with Gasteiger partial charge >= 0.3 is 12.0 Å². The molecule has 6 nitrogen and oxygen atoms in total. The molecule has 0 radical (unpaired) electrons. The van der Waals surface area contributed by atoms with Crippen LogP contribution in [0.2, 0.25) is 0 Å². The molecule has 0 spiro atoms. The number of aliphatic hydroxyl groups is 1. The lowest BCUT2D eigenvalue weighted by atomic mass is 10.2. The van der Waals surface area contributed by atoms with Gasteiger partial charge in [0, 0.05) is 26.1 Å². The Balaban J connectivity index is 2.70. The van der Waals surface area contributed by atoms with Crippen LogP contribution in [-0.4, -0.2) is 63.8 Å². The number of β-amino-alcohol motifs (C(OH)–C–C–N with tert-alkyl or cyclic N) is 1. The van der Waals surface area contributed by atoms with Crippen molar-refractivity contribution < 1.29 is 19.8 Å². The average Bonchev–Trinajstić information content (AvgIpc) is 2.72. The Morgan fingerprint density at radius 2 is 2.06 bits per heavy atom. The summed E-state index contributed by atoms with van der Waals surface area (Å²) in [6.45, 7) is 5.20. The van der Waals surface area contributed by atoms with Crippen LogP contribution in [0.1, 0.15) is 33.1 Å². The van der Waals surface area contributed by atoms with E-state index in [0.29, 0.717) is 13.1 Å². The summed E-state index contributed by atoms with van der Waals surface area (Å²) in [5.74, 6) is -1.05. The van der Waals surface area contributed by atoms with Gasteiger partial charge in [-0.15, -0.1) is 0 Å². The number of carbonyl (C=O) groups excluding carboxylic acids is 1. The van der Waals surface area contributed by atoms with Gasteiger partial charge in [-0.3, -0.25) is 0 Å². The summed E-state index contributed by atoms with van der Waals surface area (Å²) in [6.07, 6.45) is 1.26. The van der Waals surface area contributed by atoms with Crippen molar-refractivity contribution in [2.24, 2.45) is 0 Å². The molecule has 0 bridgehead atoms. The molecule has 0 aromatic heterocycles. The Bertz CT molecular complexity index is 308. The molecule has 2 atom stereocenters. The van der Waals surface area contributed by atoms with E-state index in [1.54, 1.807) is 4.90 Å².